The Labute approximate surface area is 197 Å². The molecule has 2 aliphatic rings. The minimum absolute atomic E-state index is 0.408. The first kappa shape index (κ1) is 24.8. The molecule has 5 nitrogen and oxygen atoms in total. The molecule has 4 rings (SSSR count). The van der Waals surface area contributed by atoms with Crippen molar-refractivity contribution in [3.05, 3.63) is 53.8 Å². The van der Waals surface area contributed by atoms with Gasteiger partial charge in [0.05, 0.1) is 11.2 Å². The van der Waals surface area contributed by atoms with Gasteiger partial charge in [0, 0.05) is 43.1 Å². The summed E-state index contributed by atoms with van der Waals surface area (Å²) >= 11 is 0. The predicted octanol–water partition coefficient (Wildman–Crippen LogP) is 4.05. The van der Waals surface area contributed by atoms with E-state index >= 15 is 0 Å². The molecule has 34 heavy (non-hydrogen) atoms. The van der Waals surface area contributed by atoms with E-state index in [1.165, 1.54) is 6.07 Å². The molecular formula is C24H29BF4N2O3. The van der Waals surface area contributed by atoms with Gasteiger partial charge in [-0.1, -0.05) is 18.2 Å². The Hall–Kier alpha value is -2.30. The Bertz CT molecular complexity index is 1010. The number of hydrogen-bond acceptors (Lipinski definition) is 5. The molecule has 1 unspecified atom stereocenters. The van der Waals surface area contributed by atoms with Crippen LogP contribution in [0.5, 0.6) is 0 Å². The molecule has 0 aromatic heterocycles. The molecule has 184 valence electrons. The van der Waals surface area contributed by atoms with Gasteiger partial charge >= 0.3 is 13.3 Å². The van der Waals surface area contributed by atoms with E-state index in [1.54, 1.807) is 0 Å². The van der Waals surface area contributed by atoms with Crippen molar-refractivity contribution in [3.63, 3.8) is 0 Å². The van der Waals surface area contributed by atoms with Crippen LogP contribution >= 0.6 is 0 Å². The SMILES string of the molecule is CC1(C)OB(c2ccc(N3CCN(c4ccc(C(O)C(F)(F)F)c(F)c4)CC3)cc2)OC1(C)C. The second-order valence-electron chi connectivity index (χ2n) is 9.80. The lowest BCUT2D eigenvalue weighted by Gasteiger charge is -2.37. The fraction of sp³-hybridized carbons (Fsp3) is 0.500. The molecule has 0 spiro atoms. The Kier molecular flexibility index (Phi) is 6.37. The van der Waals surface area contributed by atoms with Crippen LogP contribution in [0, 0.1) is 5.82 Å². The summed E-state index contributed by atoms with van der Waals surface area (Å²) in [5, 5.41) is 9.34. The van der Waals surface area contributed by atoms with Crippen molar-refractivity contribution in [1.82, 2.24) is 0 Å². The third-order valence-corrected chi connectivity index (χ3v) is 7.02. The molecule has 2 heterocycles. The lowest BCUT2D eigenvalue weighted by molar-refractivity contribution is -0.207. The van der Waals surface area contributed by atoms with Crippen molar-refractivity contribution >= 4 is 24.0 Å². The maximum absolute atomic E-state index is 14.3. The van der Waals surface area contributed by atoms with Gasteiger partial charge in [-0.15, -0.1) is 0 Å². The molecule has 0 radical (unpaired) electrons. The molecule has 2 saturated heterocycles. The highest BCUT2D eigenvalue weighted by Gasteiger charge is 2.51. The van der Waals surface area contributed by atoms with Crippen molar-refractivity contribution in [2.75, 3.05) is 36.0 Å². The number of piperazine rings is 1. The van der Waals surface area contributed by atoms with E-state index < -0.39 is 42.0 Å². The minimum Gasteiger partial charge on any atom is -0.399 e. The Morgan fingerprint density at radius 2 is 1.32 bits per heavy atom. The molecule has 2 aromatic carbocycles. The van der Waals surface area contributed by atoms with Crippen LogP contribution in [-0.4, -0.2) is 55.8 Å². The van der Waals surface area contributed by atoms with Crippen molar-refractivity contribution < 1.29 is 32.0 Å². The molecule has 2 fully saturated rings. The zero-order valence-electron chi connectivity index (χ0n) is 19.7. The number of aliphatic hydroxyl groups excluding tert-OH is 1. The van der Waals surface area contributed by atoms with Crippen LogP contribution < -0.4 is 15.3 Å². The smallest absolute Gasteiger partial charge is 0.399 e. The molecule has 0 aliphatic carbocycles. The number of halogens is 4. The fourth-order valence-electron chi connectivity index (χ4n) is 4.16. The second-order valence-corrected chi connectivity index (χ2v) is 9.80. The van der Waals surface area contributed by atoms with Gasteiger partial charge in [0.1, 0.15) is 5.82 Å². The summed E-state index contributed by atoms with van der Waals surface area (Å²) in [7, 11) is -0.426. The van der Waals surface area contributed by atoms with Crippen molar-refractivity contribution in [1.29, 1.82) is 0 Å². The second kappa shape index (κ2) is 8.73. The van der Waals surface area contributed by atoms with Crippen molar-refractivity contribution in [3.8, 4) is 0 Å². The number of nitrogens with zero attached hydrogens (tertiary/aromatic N) is 2. The number of hydrogen-bond donors (Lipinski definition) is 1. The molecule has 0 bridgehead atoms. The van der Waals surface area contributed by atoms with Gasteiger partial charge in [-0.3, -0.25) is 0 Å². The zero-order valence-corrected chi connectivity index (χ0v) is 19.7. The number of rotatable bonds is 4. The van der Waals surface area contributed by atoms with Crippen LogP contribution in [0.3, 0.4) is 0 Å². The molecule has 1 N–H and O–H groups in total. The lowest BCUT2D eigenvalue weighted by Crippen LogP contribution is -2.46. The summed E-state index contributed by atoms with van der Waals surface area (Å²) in [6.07, 6.45) is -7.75. The average molecular weight is 480 g/mol. The highest BCUT2D eigenvalue weighted by molar-refractivity contribution is 6.62. The van der Waals surface area contributed by atoms with Crippen LogP contribution in [0.4, 0.5) is 28.9 Å². The summed E-state index contributed by atoms with van der Waals surface area (Å²) in [6.45, 7) is 10.6. The van der Waals surface area contributed by atoms with E-state index in [-0.39, 0.29) is 0 Å². The first-order valence-corrected chi connectivity index (χ1v) is 11.3. The standard InChI is InChI=1S/C24H29BF4N2O3/c1-22(2)23(3,4)34-25(33-22)16-5-7-17(8-6-16)30-11-13-31(14-12-30)18-9-10-19(20(26)15-18)21(32)24(27,28)29/h5-10,15,21,32H,11-14H2,1-4H3. The molecular weight excluding hydrogens is 451 g/mol. The van der Waals surface area contributed by atoms with Crippen LogP contribution in [0.2, 0.25) is 0 Å². The van der Waals surface area contributed by atoms with Gasteiger partial charge in [0.2, 0.25) is 0 Å². The topological polar surface area (TPSA) is 45.2 Å². The number of anilines is 2. The number of benzene rings is 2. The van der Waals surface area contributed by atoms with Crippen LogP contribution in [-0.2, 0) is 9.31 Å². The normalized spacial score (nSPS) is 21.1. The van der Waals surface area contributed by atoms with Gasteiger partial charge in [-0.05, 0) is 57.4 Å². The molecule has 1 atom stereocenters. The van der Waals surface area contributed by atoms with E-state index in [9.17, 15) is 22.7 Å². The molecule has 0 amide bonds. The van der Waals surface area contributed by atoms with Gasteiger partial charge < -0.3 is 24.2 Å². The van der Waals surface area contributed by atoms with Gasteiger partial charge in [0.25, 0.3) is 0 Å². The van der Waals surface area contributed by atoms with E-state index in [4.69, 9.17) is 9.31 Å². The molecule has 0 saturated carbocycles. The third kappa shape index (κ3) is 4.76. The van der Waals surface area contributed by atoms with Crippen LogP contribution in [0.1, 0.15) is 39.4 Å². The summed E-state index contributed by atoms with van der Waals surface area (Å²) in [5.41, 5.74) is 0.889. The molecule has 10 heteroatoms. The zero-order chi connectivity index (χ0) is 24.9. The van der Waals surface area contributed by atoms with Crippen molar-refractivity contribution in [2.45, 2.75) is 51.2 Å². The van der Waals surface area contributed by atoms with Crippen LogP contribution in [0.25, 0.3) is 0 Å². The largest absolute Gasteiger partial charge is 0.494 e. The number of alkyl halides is 3. The third-order valence-electron chi connectivity index (χ3n) is 7.02. The predicted molar refractivity (Wildman–Crippen MR) is 124 cm³/mol. The minimum atomic E-state index is -4.91. The average Bonchev–Trinajstić information content (AvgIpc) is 3.00. The maximum atomic E-state index is 14.3. The first-order chi connectivity index (χ1) is 15.8. The van der Waals surface area contributed by atoms with Gasteiger partial charge in [-0.25, -0.2) is 4.39 Å². The van der Waals surface area contributed by atoms with Gasteiger partial charge in [0.15, 0.2) is 6.10 Å². The van der Waals surface area contributed by atoms with E-state index in [0.717, 1.165) is 23.3 Å². The summed E-state index contributed by atoms with van der Waals surface area (Å²) in [5.74, 6) is -1.07. The highest BCUT2D eigenvalue weighted by atomic mass is 19.4. The highest BCUT2D eigenvalue weighted by Crippen LogP contribution is 2.37. The van der Waals surface area contributed by atoms with Crippen molar-refractivity contribution in [2.24, 2.45) is 0 Å². The summed E-state index contributed by atoms with van der Waals surface area (Å²) < 4.78 is 64.6. The Morgan fingerprint density at radius 3 is 1.79 bits per heavy atom. The van der Waals surface area contributed by atoms with E-state index in [1.807, 2.05) is 56.9 Å². The molecule has 2 aromatic rings. The first-order valence-electron chi connectivity index (χ1n) is 11.3. The summed E-state index contributed by atoms with van der Waals surface area (Å²) in [4.78, 5) is 4.12. The van der Waals surface area contributed by atoms with E-state index in [2.05, 4.69) is 4.90 Å². The van der Waals surface area contributed by atoms with Crippen LogP contribution in [0.15, 0.2) is 42.5 Å². The van der Waals surface area contributed by atoms with E-state index in [0.29, 0.717) is 31.9 Å². The lowest BCUT2D eigenvalue weighted by atomic mass is 9.79. The Balaban J connectivity index is 1.38. The maximum Gasteiger partial charge on any atom is 0.494 e. The quantitative estimate of drug-likeness (QED) is 0.529. The molecule has 2 aliphatic heterocycles. The van der Waals surface area contributed by atoms with Gasteiger partial charge in [-0.2, -0.15) is 13.2 Å². The fourth-order valence-corrected chi connectivity index (χ4v) is 4.16. The summed E-state index contributed by atoms with van der Waals surface area (Å²) in [6, 6.07) is 11.5. The number of aliphatic hydroxyl groups is 1. The monoisotopic (exact) mass is 480 g/mol. The Morgan fingerprint density at radius 1 is 0.853 bits per heavy atom.